The van der Waals surface area contributed by atoms with Crippen molar-refractivity contribution in [3.05, 3.63) is 99.8 Å². The fourth-order valence-corrected chi connectivity index (χ4v) is 5.18. The number of thioether (sulfide) groups is 1. The van der Waals surface area contributed by atoms with Crippen molar-refractivity contribution in [1.29, 1.82) is 0 Å². The molecule has 164 valence electrons. The highest BCUT2D eigenvalue weighted by molar-refractivity contribution is 7.99. The van der Waals surface area contributed by atoms with Crippen molar-refractivity contribution in [2.75, 3.05) is 11.1 Å². The molecule has 1 aliphatic heterocycles. The monoisotopic (exact) mass is 468 g/mol. The zero-order valence-electron chi connectivity index (χ0n) is 17.6. The normalized spacial score (nSPS) is 17.9. The number of rotatable bonds is 4. The Labute approximate surface area is 195 Å². The van der Waals surface area contributed by atoms with Crippen molar-refractivity contribution in [2.24, 2.45) is 0 Å². The van der Waals surface area contributed by atoms with Gasteiger partial charge in [-0.15, -0.1) is 11.8 Å². The maximum Gasteiger partial charge on any atom is 0.255 e. The van der Waals surface area contributed by atoms with Crippen LogP contribution in [0.15, 0.2) is 66.7 Å². The average molecular weight is 469 g/mol. The average Bonchev–Trinajstić information content (AvgIpc) is 3.22. The van der Waals surface area contributed by atoms with E-state index in [2.05, 4.69) is 5.32 Å². The SMILES string of the molecule is Cc1ccc(NC(=O)C2CSC(c3ccc(F)cc3)N2C(=O)c2ccc(Cl)cc2)cc1C. The molecular formula is C25H22ClFN2O2S. The van der Waals surface area contributed by atoms with E-state index in [1.54, 1.807) is 41.3 Å². The molecule has 0 aromatic heterocycles. The summed E-state index contributed by atoms with van der Waals surface area (Å²) in [4.78, 5) is 28.3. The Kier molecular flexibility index (Phi) is 6.53. The van der Waals surface area contributed by atoms with Gasteiger partial charge in [0.15, 0.2) is 0 Å². The van der Waals surface area contributed by atoms with E-state index in [1.807, 2.05) is 32.0 Å². The van der Waals surface area contributed by atoms with Crippen LogP contribution in [0, 0.1) is 19.7 Å². The summed E-state index contributed by atoms with van der Waals surface area (Å²) in [7, 11) is 0. The number of aryl methyl sites for hydroxylation is 2. The van der Waals surface area contributed by atoms with E-state index in [0.29, 0.717) is 22.0 Å². The molecule has 1 fully saturated rings. The van der Waals surface area contributed by atoms with Crippen molar-refractivity contribution in [2.45, 2.75) is 25.3 Å². The molecule has 4 rings (SSSR count). The van der Waals surface area contributed by atoms with Crippen molar-refractivity contribution in [3.63, 3.8) is 0 Å². The molecule has 2 unspecified atom stereocenters. The van der Waals surface area contributed by atoms with Gasteiger partial charge in [-0.05, 0) is 79.1 Å². The maximum absolute atomic E-state index is 13.5. The number of carbonyl (C=O) groups is 2. The van der Waals surface area contributed by atoms with Crippen LogP contribution in [-0.4, -0.2) is 28.5 Å². The van der Waals surface area contributed by atoms with Crippen molar-refractivity contribution >= 4 is 40.9 Å². The molecule has 3 aromatic carbocycles. The van der Waals surface area contributed by atoms with Gasteiger partial charge in [-0.1, -0.05) is 29.8 Å². The Morgan fingerprint density at radius 3 is 2.34 bits per heavy atom. The molecular weight excluding hydrogens is 447 g/mol. The van der Waals surface area contributed by atoms with Gasteiger partial charge in [0.25, 0.3) is 5.91 Å². The minimum Gasteiger partial charge on any atom is -0.324 e. The van der Waals surface area contributed by atoms with E-state index in [1.165, 1.54) is 23.9 Å². The molecule has 3 aromatic rings. The first kappa shape index (κ1) is 22.4. The highest BCUT2D eigenvalue weighted by atomic mass is 35.5. The highest BCUT2D eigenvalue weighted by Crippen LogP contribution is 2.42. The first-order chi connectivity index (χ1) is 15.3. The van der Waals surface area contributed by atoms with Crippen LogP contribution in [-0.2, 0) is 4.79 Å². The lowest BCUT2D eigenvalue weighted by Gasteiger charge is -2.29. The molecule has 0 aliphatic carbocycles. The fraction of sp³-hybridized carbons (Fsp3) is 0.200. The Hall–Kier alpha value is -2.83. The lowest BCUT2D eigenvalue weighted by Crippen LogP contribution is -2.45. The second-order valence-electron chi connectivity index (χ2n) is 7.76. The van der Waals surface area contributed by atoms with Gasteiger partial charge in [0.2, 0.25) is 5.91 Å². The number of nitrogens with one attached hydrogen (secondary N) is 1. The first-order valence-electron chi connectivity index (χ1n) is 10.2. The van der Waals surface area contributed by atoms with Gasteiger partial charge in [0.05, 0.1) is 0 Å². The molecule has 0 spiro atoms. The zero-order chi connectivity index (χ0) is 22.8. The van der Waals surface area contributed by atoms with E-state index in [9.17, 15) is 14.0 Å². The number of hydrogen-bond acceptors (Lipinski definition) is 3. The summed E-state index contributed by atoms with van der Waals surface area (Å²) in [5.41, 5.74) is 4.10. The van der Waals surface area contributed by atoms with Gasteiger partial charge in [0.1, 0.15) is 17.2 Å². The fourth-order valence-electron chi connectivity index (χ4n) is 3.63. The van der Waals surface area contributed by atoms with Gasteiger partial charge in [0, 0.05) is 22.0 Å². The van der Waals surface area contributed by atoms with E-state index in [0.717, 1.165) is 16.7 Å². The molecule has 1 aliphatic rings. The van der Waals surface area contributed by atoms with Gasteiger partial charge < -0.3 is 10.2 Å². The third-order valence-electron chi connectivity index (χ3n) is 5.56. The summed E-state index contributed by atoms with van der Waals surface area (Å²) in [5.74, 6) is -0.455. The van der Waals surface area contributed by atoms with Crippen molar-refractivity contribution in [1.82, 2.24) is 4.90 Å². The Balaban J connectivity index is 1.65. The van der Waals surface area contributed by atoms with Gasteiger partial charge in [-0.3, -0.25) is 9.59 Å². The van der Waals surface area contributed by atoms with Gasteiger partial charge in [-0.2, -0.15) is 0 Å². The number of benzene rings is 3. The standard InChI is InChI=1S/C25H22ClFN2O2S/c1-15-3-12-21(13-16(15)2)28-23(30)22-14-32-25(18-6-10-20(27)11-7-18)29(22)24(31)17-4-8-19(26)9-5-17/h3-13,22,25H,14H2,1-2H3,(H,28,30). The van der Waals surface area contributed by atoms with E-state index in [-0.39, 0.29) is 17.6 Å². The lowest BCUT2D eigenvalue weighted by atomic mass is 10.1. The lowest BCUT2D eigenvalue weighted by molar-refractivity contribution is -0.119. The quantitative estimate of drug-likeness (QED) is 0.511. The van der Waals surface area contributed by atoms with Gasteiger partial charge >= 0.3 is 0 Å². The largest absolute Gasteiger partial charge is 0.324 e. The number of anilines is 1. The molecule has 1 saturated heterocycles. The van der Waals surface area contributed by atoms with Crippen LogP contribution in [0.1, 0.15) is 32.4 Å². The van der Waals surface area contributed by atoms with Crippen molar-refractivity contribution < 1.29 is 14.0 Å². The van der Waals surface area contributed by atoms with Crippen LogP contribution in [0.5, 0.6) is 0 Å². The van der Waals surface area contributed by atoms with E-state index < -0.39 is 11.4 Å². The summed E-state index contributed by atoms with van der Waals surface area (Å²) < 4.78 is 13.5. The molecule has 0 bridgehead atoms. The predicted molar refractivity (Wildman–Crippen MR) is 128 cm³/mol. The van der Waals surface area contributed by atoms with Crippen LogP contribution in [0.3, 0.4) is 0 Å². The number of halogens is 2. The summed E-state index contributed by atoms with van der Waals surface area (Å²) >= 11 is 7.46. The molecule has 4 nitrogen and oxygen atoms in total. The van der Waals surface area contributed by atoms with Crippen LogP contribution in [0.25, 0.3) is 0 Å². The topological polar surface area (TPSA) is 49.4 Å². The molecule has 1 heterocycles. The van der Waals surface area contributed by atoms with E-state index in [4.69, 9.17) is 11.6 Å². The molecule has 1 N–H and O–H groups in total. The zero-order valence-corrected chi connectivity index (χ0v) is 19.2. The summed E-state index contributed by atoms with van der Waals surface area (Å²) in [6.45, 7) is 3.99. The second kappa shape index (κ2) is 9.35. The van der Waals surface area contributed by atoms with E-state index >= 15 is 0 Å². The third kappa shape index (κ3) is 4.66. The maximum atomic E-state index is 13.5. The molecule has 2 amide bonds. The minimum absolute atomic E-state index is 0.257. The third-order valence-corrected chi connectivity index (χ3v) is 7.13. The highest BCUT2D eigenvalue weighted by Gasteiger charge is 2.42. The van der Waals surface area contributed by atoms with Crippen LogP contribution < -0.4 is 5.32 Å². The van der Waals surface area contributed by atoms with Crippen molar-refractivity contribution in [3.8, 4) is 0 Å². The smallest absolute Gasteiger partial charge is 0.255 e. The summed E-state index contributed by atoms with van der Waals surface area (Å²) in [6.07, 6.45) is 0. The second-order valence-corrected chi connectivity index (χ2v) is 9.31. The molecule has 0 radical (unpaired) electrons. The first-order valence-corrected chi connectivity index (χ1v) is 11.6. The Morgan fingerprint density at radius 2 is 1.69 bits per heavy atom. The Bertz CT molecular complexity index is 1150. The number of carbonyl (C=O) groups excluding carboxylic acids is 2. The van der Waals surface area contributed by atoms with Crippen LogP contribution >= 0.6 is 23.4 Å². The van der Waals surface area contributed by atoms with Gasteiger partial charge in [-0.25, -0.2) is 4.39 Å². The number of nitrogens with zero attached hydrogens (tertiary/aromatic N) is 1. The molecule has 32 heavy (non-hydrogen) atoms. The summed E-state index contributed by atoms with van der Waals surface area (Å²) in [5, 5.41) is 3.07. The molecule has 7 heteroatoms. The summed E-state index contributed by atoms with van der Waals surface area (Å²) in [6, 6.07) is 17.7. The minimum atomic E-state index is -0.681. The van der Waals surface area contributed by atoms with Crippen LogP contribution in [0.4, 0.5) is 10.1 Å². The number of amides is 2. The Morgan fingerprint density at radius 1 is 1.00 bits per heavy atom. The number of hydrogen-bond donors (Lipinski definition) is 1. The molecule has 0 saturated carbocycles. The van der Waals surface area contributed by atoms with Crippen LogP contribution in [0.2, 0.25) is 5.02 Å². The predicted octanol–water partition coefficient (Wildman–Crippen LogP) is 5.99. The molecule has 2 atom stereocenters.